The van der Waals surface area contributed by atoms with Gasteiger partial charge in [-0.1, -0.05) is 12.1 Å². The average molecular weight is 242 g/mol. The first-order valence-electron chi connectivity index (χ1n) is 6.10. The summed E-state index contributed by atoms with van der Waals surface area (Å²) in [6.07, 6.45) is 7.46. The minimum Gasteiger partial charge on any atom is -0.387 e. The maximum atomic E-state index is 9.91. The molecule has 0 aliphatic heterocycles. The highest BCUT2D eigenvalue weighted by molar-refractivity contribution is 5.32. The first-order chi connectivity index (χ1) is 8.77. The molecule has 0 saturated carbocycles. The number of nitrogens with one attached hydrogen (secondary N) is 1. The van der Waals surface area contributed by atoms with E-state index >= 15 is 0 Å². The molecule has 0 aliphatic carbocycles. The van der Waals surface area contributed by atoms with Crippen LogP contribution < -0.4 is 5.32 Å². The molecule has 3 heteroatoms. The van der Waals surface area contributed by atoms with E-state index in [2.05, 4.69) is 17.3 Å². The summed E-state index contributed by atoms with van der Waals surface area (Å²) >= 11 is 0. The Morgan fingerprint density at radius 1 is 1.28 bits per heavy atom. The van der Waals surface area contributed by atoms with Gasteiger partial charge in [0.05, 0.1) is 17.7 Å². The molecule has 1 aromatic rings. The van der Waals surface area contributed by atoms with Gasteiger partial charge in [0.2, 0.25) is 0 Å². The summed E-state index contributed by atoms with van der Waals surface area (Å²) in [5, 5.41) is 21.8. The van der Waals surface area contributed by atoms with Crippen LogP contribution in [0.4, 0.5) is 0 Å². The standard InChI is InChI=1S/C15H18N2O/c1-2-3-4-5-10-17-12-15(18)14-8-6-13(11-16)7-9-14/h1,6-9,15,17-18H,3-5,10,12H2. The van der Waals surface area contributed by atoms with Gasteiger partial charge in [-0.2, -0.15) is 5.26 Å². The van der Waals surface area contributed by atoms with Crippen molar-refractivity contribution in [2.75, 3.05) is 13.1 Å². The van der Waals surface area contributed by atoms with Crippen molar-refractivity contribution in [2.24, 2.45) is 0 Å². The largest absolute Gasteiger partial charge is 0.387 e. The number of benzene rings is 1. The zero-order chi connectivity index (χ0) is 13.2. The highest BCUT2D eigenvalue weighted by Crippen LogP contribution is 2.12. The van der Waals surface area contributed by atoms with Crippen LogP contribution in [0.2, 0.25) is 0 Å². The van der Waals surface area contributed by atoms with Crippen molar-refractivity contribution in [1.29, 1.82) is 5.26 Å². The minimum atomic E-state index is -0.537. The van der Waals surface area contributed by atoms with E-state index in [1.807, 2.05) is 0 Å². The third-order valence-electron chi connectivity index (χ3n) is 2.69. The van der Waals surface area contributed by atoms with Gasteiger partial charge in [0.15, 0.2) is 0 Å². The fraction of sp³-hybridized carbons (Fsp3) is 0.400. The molecule has 2 N–H and O–H groups in total. The lowest BCUT2D eigenvalue weighted by Gasteiger charge is -2.12. The van der Waals surface area contributed by atoms with Crippen molar-refractivity contribution in [3.63, 3.8) is 0 Å². The molecular weight excluding hydrogens is 224 g/mol. The van der Waals surface area contributed by atoms with Gasteiger partial charge in [0.25, 0.3) is 0 Å². The number of nitriles is 1. The summed E-state index contributed by atoms with van der Waals surface area (Å²) < 4.78 is 0. The lowest BCUT2D eigenvalue weighted by Crippen LogP contribution is -2.22. The molecule has 1 aromatic carbocycles. The summed E-state index contributed by atoms with van der Waals surface area (Å²) in [4.78, 5) is 0. The van der Waals surface area contributed by atoms with E-state index < -0.39 is 6.10 Å². The fourth-order valence-electron chi connectivity index (χ4n) is 1.61. The fourth-order valence-corrected chi connectivity index (χ4v) is 1.61. The van der Waals surface area contributed by atoms with Crippen LogP contribution in [0.25, 0.3) is 0 Å². The van der Waals surface area contributed by atoms with Gasteiger partial charge in [-0.05, 0) is 37.1 Å². The molecule has 1 atom stereocenters. The van der Waals surface area contributed by atoms with Crippen LogP contribution >= 0.6 is 0 Å². The Labute approximate surface area is 108 Å². The number of aliphatic hydroxyl groups is 1. The zero-order valence-corrected chi connectivity index (χ0v) is 10.4. The van der Waals surface area contributed by atoms with Crippen molar-refractivity contribution < 1.29 is 5.11 Å². The van der Waals surface area contributed by atoms with Crippen molar-refractivity contribution in [1.82, 2.24) is 5.32 Å². The Morgan fingerprint density at radius 3 is 2.61 bits per heavy atom. The van der Waals surface area contributed by atoms with Gasteiger partial charge in [-0.25, -0.2) is 0 Å². The summed E-state index contributed by atoms with van der Waals surface area (Å²) in [5.41, 5.74) is 1.43. The number of hydrogen-bond donors (Lipinski definition) is 2. The van der Waals surface area contributed by atoms with E-state index in [0.29, 0.717) is 12.1 Å². The quantitative estimate of drug-likeness (QED) is 0.568. The van der Waals surface area contributed by atoms with Crippen LogP contribution in [0.15, 0.2) is 24.3 Å². The van der Waals surface area contributed by atoms with E-state index in [9.17, 15) is 5.11 Å². The smallest absolute Gasteiger partial charge is 0.0991 e. The third-order valence-corrected chi connectivity index (χ3v) is 2.69. The van der Waals surface area contributed by atoms with Gasteiger partial charge in [-0.3, -0.25) is 0 Å². The van der Waals surface area contributed by atoms with Crippen molar-refractivity contribution in [3.05, 3.63) is 35.4 Å². The lowest BCUT2D eigenvalue weighted by atomic mass is 10.1. The zero-order valence-electron chi connectivity index (χ0n) is 10.4. The van der Waals surface area contributed by atoms with Gasteiger partial charge in [0, 0.05) is 13.0 Å². The second kappa shape index (κ2) is 8.31. The predicted octanol–water partition coefficient (Wildman–Crippen LogP) is 1.98. The van der Waals surface area contributed by atoms with Crippen LogP contribution in [-0.2, 0) is 0 Å². The summed E-state index contributed by atoms with van der Waals surface area (Å²) in [6.45, 7) is 1.37. The molecule has 0 fully saturated rings. The molecule has 0 aromatic heterocycles. The first kappa shape index (κ1) is 14.3. The van der Waals surface area contributed by atoms with E-state index in [1.165, 1.54) is 0 Å². The van der Waals surface area contributed by atoms with Crippen molar-refractivity contribution >= 4 is 0 Å². The maximum absolute atomic E-state index is 9.91. The normalized spacial score (nSPS) is 11.5. The molecule has 3 nitrogen and oxygen atoms in total. The van der Waals surface area contributed by atoms with Crippen LogP contribution in [0.1, 0.15) is 36.5 Å². The molecular formula is C15H18N2O. The van der Waals surface area contributed by atoms with Crippen LogP contribution in [0, 0.1) is 23.7 Å². The molecule has 0 spiro atoms. The van der Waals surface area contributed by atoms with Crippen molar-refractivity contribution in [3.8, 4) is 18.4 Å². The lowest BCUT2D eigenvalue weighted by molar-refractivity contribution is 0.175. The number of aliphatic hydroxyl groups excluding tert-OH is 1. The number of terminal acetylenes is 1. The molecule has 1 unspecified atom stereocenters. The van der Waals surface area contributed by atoms with Crippen molar-refractivity contribution in [2.45, 2.75) is 25.4 Å². The maximum Gasteiger partial charge on any atom is 0.0991 e. The molecule has 0 heterocycles. The van der Waals surface area contributed by atoms with Crippen LogP contribution in [-0.4, -0.2) is 18.2 Å². The van der Waals surface area contributed by atoms with Gasteiger partial charge in [0.1, 0.15) is 0 Å². The second-order valence-corrected chi connectivity index (χ2v) is 4.11. The highest BCUT2D eigenvalue weighted by Gasteiger charge is 2.06. The molecule has 18 heavy (non-hydrogen) atoms. The second-order valence-electron chi connectivity index (χ2n) is 4.11. The average Bonchev–Trinajstić information content (AvgIpc) is 2.42. The Balaban J connectivity index is 2.26. The van der Waals surface area contributed by atoms with E-state index in [0.717, 1.165) is 31.4 Å². The molecule has 0 radical (unpaired) electrons. The topological polar surface area (TPSA) is 56.0 Å². The van der Waals surface area contributed by atoms with Gasteiger partial charge < -0.3 is 10.4 Å². The summed E-state index contributed by atoms with van der Waals surface area (Å²) in [5.74, 6) is 2.60. The molecule has 94 valence electrons. The molecule has 1 rings (SSSR count). The van der Waals surface area contributed by atoms with Gasteiger partial charge in [-0.15, -0.1) is 12.3 Å². The van der Waals surface area contributed by atoms with E-state index in [-0.39, 0.29) is 0 Å². The summed E-state index contributed by atoms with van der Waals surface area (Å²) in [7, 11) is 0. The molecule has 0 bridgehead atoms. The van der Waals surface area contributed by atoms with E-state index in [1.54, 1.807) is 24.3 Å². The SMILES string of the molecule is C#CCCCCNCC(O)c1ccc(C#N)cc1. The Morgan fingerprint density at radius 2 is 2.00 bits per heavy atom. The predicted molar refractivity (Wildman–Crippen MR) is 71.7 cm³/mol. The summed E-state index contributed by atoms with van der Waals surface area (Å²) in [6, 6.07) is 9.04. The Hall–Kier alpha value is -1.81. The number of hydrogen-bond acceptors (Lipinski definition) is 3. The van der Waals surface area contributed by atoms with Gasteiger partial charge >= 0.3 is 0 Å². The molecule has 0 amide bonds. The molecule has 0 saturated heterocycles. The van der Waals surface area contributed by atoms with Crippen LogP contribution in [0.3, 0.4) is 0 Å². The highest BCUT2D eigenvalue weighted by atomic mass is 16.3. The van der Waals surface area contributed by atoms with E-state index in [4.69, 9.17) is 11.7 Å². The third kappa shape index (κ3) is 5.01. The Kier molecular flexibility index (Phi) is 6.58. The Bertz CT molecular complexity index is 425. The first-order valence-corrected chi connectivity index (χ1v) is 6.10. The number of rotatable bonds is 7. The van der Waals surface area contributed by atoms with Crippen LogP contribution in [0.5, 0.6) is 0 Å². The minimum absolute atomic E-state index is 0.516. The molecule has 0 aliphatic rings. The number of unbranched alkanes of at least 4 members (excludes halogenated alkanes) is 2. The number of nitrogens with zero attached hydrogens (tertiary/aromatic N) is 1. The monoisotopic (exact) mass is 242 g/mol.